The smallest absolute Gasteiger partial charge is 0.105 e. The topological polar surface area (TPSA) is 33.1 Å². The number of hydrogen-bond acceptors (Lipinski definition) is 3. The van der Waals surface area contributed by atoms with Crippen LogP contribution in [-0.2, 0) is 6.54 Å². The minimum absolute atomic E-state index is 1.02. The molecule has 4 nitrogen and oxygen atoms in total. The van der Waals surface area contributed by atoms with Crippen LogP contribution < -0.4 is 5.32 Å². The molecular weight excluding hydrogens is 188 g/mol. The first-order valence-corrected chi connectivity index (χ1v) is 5.61. The quantitative estimate of drug-likeness (QED) is 0.674. The number of nitrogens with zero attached hydrogens (tertiary/aromatic N) is 3. The highest BCUT2D eigenvalue weighted by Gasteiger charge is 2.00. The molecule has 0 fully saturated rings. The van der Waals surface area contributed by atoms with E-state index in [-0.39, 0.29) is 0 Å². The molecule has 0 aliphatic rings. The standard InChI is InChI=1S/C11H22N4/c1-4-12-5-7-14(3)9-10-15-8-6-13-11(15)2/h6,8,12H,4-5,7,9-10H2,1-3H3. The molecule has 1 rings (SSSR count). The van der Waals surface area contributed by atoms with Gasteiger partial charge < -0.3 is 14.8 Å². The summed E-state index contributed by atoms with van der Waals surface area (Å²) in [5, 5.41) is 3.32. The maximum absolute atomic E-state index is 4.20. The van der Waals surface area contributed by atoms with Crippen LogP contribution in [0.3, 0.4) is 0 Å². The summed E-state index contributed by atoms with van der Waals surface area (Å²) in [7, 11) is 2.16. The van der Waals surface area contributed by atoms with Crippen LogP contribution in [-0.4, -0.2) is 47.7 Å². The number of rotatable bonds is 7. The lowest BCUT2D eigenvalue weighted by Crippen LogP contribution is -2.31. The highest BCUT2D eigenvalue weighted by Crippen LogP contribution is 1.95. The van der Waals surface area contributed by atoms with Crippen LogP contribution in [0.4, 0.5) is 0 Å². The van der Waals surface area contributed by atoms with Crippen molar-refractivity contribution in [3.05, 3.63) is 18.2 Å². The summed E-state index contributed by atoms with van der Waals surface area (Å²) in [6, 6.07) is 0. The predicted octanol–water partition coefficient (Wildman–Crippen LogP) is 0.733. The fourth-order valence-electron chi connectivity index (χ4n) is 1.48. The van der Waals surface area contributed by atoms with Gasteiger partial charge in [-0.1, -0.05) is 6.92 Å². The van der Waals surface area contributed by atoms with E-state index in [4.69, 9.17) is 0 Å². The van der Waals surface area contributed by atoms with Crippen molar-refractivity contribution >= 4 is 0 Å². The van der Waals surface area contributed by atoms with E-state index in [1.165, 1.54) is 0 Å². The van der Waals surface area contributed by atoms with Crippen LogP contribution >= 0.6 is 0 Å². The Kier molecular flexibility index (Phi) is 5.36. The van der Waals surface area contributed by atoms with E-state index in [0.29, 0.717) is 0 Å². The molecule has 0 atom stereocenters. The van der Waals surface area contributed by atoms with E-state index < -0.39 is 0 Å². The molecule has 0 aromatic carbocycles. The Bertz CT molecular complexity index is 269. The number of nitrogens with one attached hydrogen (secondary N) is 1. The first-order chi connectivity index (χ1) is 7.24. The monoisotopic (exact) mass is 210 g/mol. The molecule has 15 heavy (non-hydrogen) atoms. The van der Waals surface area contributed by atoms with Gasteiger partial charge in [-0.2, -0.15) is 0 Å². The van der Waals surface area contributed by atoms with Gasteiger partial charge in [0.1, 0.15) is 5.82 Å². The van der Waals surface area contributed by atoms with Crippen LogP contribution in [0.25, 0.3) is 0 Å². The van der Waals surface area contributed by atoms with Gasteiger partial charge in [-0.3, -0.25) is 0 Å². The zero-order valence-electron chi connectivity index (χ0n) is 10.0. The summed E-state index contributed by atoms with van der Waals surface area (Å²) in [6.45, 7) is 9.48. The Morgan fingerprint density at radius 2 is 2.27 bits per heavy atom. The summed E-state index contributed by atoms with van der Waals surface area (Å²) >= 11 is 0. The minimum Gasteiger partial charge on any atom is -0.334 e. The third kappa shape index (κ3) is 4.44. The molecular formula is C11H22N4. The van der Waals surface area contributed by atoms with Crippen molar-refractivity contribution in [3.63, 3.8) is 0 Å². The van der Waals surface area contributed by atoms with Gasteiger partial charge in [0, 0.05) is 38.6 Å². The Labute approximate surface area is 92.3 Å². The zero-order valence-corrected chi connectivity index (χ0v) is 10.0. The fraction of sp³-hybridized carbons (Fsp3) is 0.727. The van der Waals surface area contributed by atoms with Crippen molar-refractivity contribution < 1.29 is 0 Å². The summed E-state index contributed by atoms with van der Waals surface area (Å²) in [4.78, 5) is 6.54. The summed E-state index contributed by atoms with van der Waals surface area (Å²) in [5.41, 5.74) is 0. The SMILES string of the molecule is CCNCCN(C)CCn1ccnc1C. The van der Waals surface area contributed by atoms with E-state index in [9.17, 15) is 0 Å². The van der Waals surface area contributed by atoms with Crippen molar-refractivity contribution in [3.8, 4) is 0 Å². The molecule has 1 N–H and O–H groups in total. The van der Waals surface area contributed by atoms with Crippen LogP contribution in [0.5, 0.6) is 0 Å². The highest BCUT2D eigenvalue weighted by molar-refractivity contribution is 4.88. The van der Waals surface area contributed by atoms with E-state index in [2.05, 4.69) is 33.7 Å². The van der Waals surface area contributed by atoms with Gasteiger partial charge in [-0.05, 0) is 20.5 Å². The maximum Gasteiger partial charge on any atom is 0.105 e. The number of aryl methyl sites for hydroxylation is 1. The van der Waals surface area contributed by atoms with Gasteiger partial charge in [0.05, 0.1) is 0 Å². The van der Waals surface area contributed by atoms with E-state index in [1.54, 1.807) is 0 Å². The van der Waals surface area contributed by atoms with Crippen LogP contribution in [0.1, 0.15) is 12.7 Å². The number of aromatic nitrogens is 2. The molecule has 0 aliphatic carbocycles. The molecule has 0 bridgehead atoms. The van der Waals surface area contributed by atoms with Gasteiger partial charge >= 0.3 is 0 Å². The number of hydrogen-bond donors (Lipinski definition) is 1. The highest BCUT2D eigenvalue weighted by atomic mass is 15.1. The molecule has 0 saturated heterocycles. The largest absolute Gasteiger partial charge is 0.334 e. The normalized spacial score (nSPS) is 11.2. The molecule has 0 saturated carbocycles. The summed E-state index contributed by atoms with van der Waals surface area (Å²) < 4.78 is 2.18. The second kappa shape index (κ2) is 6.58. The molecule has 0 unspecified atom stereocenters. The van der Waals surface area contributed by atoms with E-state index in [1.807, 2.05) is 19.3 Å². The maximum atomic E-state index is 4.20. The second-order valence-corrected chi connectivity index (χ2v) is 3.82. The van der Waals surface area contributed by atoms with Gasteiger partial charge in [0.25, 0.3) is 0 Å². The molecule has 86 valence electrons. The van der Waals surface area contributed by atoms with Crippen molar-refractivity contribution in [2.75, 3.05) is 33.2 Å². The molecule has 1 heterocycles. The third-order valence-electron chi connectivity index (χ3n) is 2.57. The number of imidazole rings is 1. The average molecular weight is 210 g/mol. The van der Waals surface area contributed by atoms with Crippen molar-refractivity contribution in [2.45, 2.75) is 20.4 Å². The Morgan fingerprint density at radius 3 is 2.87 bits per heavy atom. The molecule has 0 radical (unpaired) electrons. The van der Waals surface area contributed by atoms with Gasteiger partial charge in [0.2, 0.25) is 0 Å². The lowest BCUT2D eigenvalue weighted by molar-refractivity contribution is 0.317. The van der Waals surface area contributed by atoms with Crippen molar-refractivity contribution in [1.29, 1.82) is 0 Å². The predicted molar refractivity (Wildman–Crippen MR) is 63.0 cm³/mol. The first kappa shape index (κ1) is 12.2. The van der Waals surface area contributed by atoms with E-state index in [0.717, 1.165) is 38.5 Å². The van der Waals surface area contributed by atoms with Crippen LogP contribution in [0.15, 0.2) is 12.4 Å². The zero-order chi connectivity index (χ0) is 11.1. The average Bonchev–Trinajstić information content (AvgIpc) is 2.61. The van der Waals surface area contributed by atoms with Gasteiger partial charge in [-0.25, -0.2) is 4.98 Å². The third-order valence-corrected chi connectivity index (χ3v) is 2.57. The Morgan fingerprint density at radius 1 is 1.47 bits per heavy atom. The van der Waals surface area contributed by atoms with Crippen molar-refractivity contribution in [1.82, 2.24) is 19.8 Å². The van der Waals surface area contributed by atoms with Gasteiger partial charge in [0.15, 0.2) is 0 Å². The van der Waals surface area contributed by atoms with Crippen LogP contribution in [0.2, 0.25) is 0 Å². The first-order valence-electron chi connectivity index (χ1n) is 5.61. The lowest BCUT2D eigenvalue weighted by atomic mass is 10.4. The van der Waals surface area contributed by atoms with Crippen molar-refractivity contribution in [2.24, 2.45) is 0 Å². The Hall–Kier alpha value is -0.870. The molecule has 0 spiro atoms. The minimum atomic E-state index is 1.02. The molecule has 1 aromatic rings. The number of likely N-dealkylation sites (N-methyl/N-ethyl adjacent to an activating group) is 2. The summed E-state index contributed by atoms with van der Waals surface area (Å²) in [5.74, 6) is 1.09. The van der Waals surface area contributed by atoms with Crippen LogP contribution in [0, 0.1) is 6.92 Å². The lowest BCUT2D eigenvalue weighted by Gasteiger charge is -2.17. The Balaban J connectivity index is 2.16. The molecule has 1 aromatic heterocycles. The molecule has 0 amide bonds. The molecule has 0 aliphatic heterocycles. The second-order valence-electron chi connectivity index (χ2n) is 3.82. The summed E-state index contributed by atoms with van der Waals surface area (Å²) in [6.07, 6.45) is 3.89. The van der Waals surface area contributed by atoms with Gasteiger partial charge in [-0.15, -0.1) is 0 Å². The van der Waals surface area contributed by atoms with E-state index >= 15 is 0 Å². The fourth-order valence-corrected chi connectivity index (χ4v) is 1.48. The molecule has 4 heteroatoms.